The van der Waals surface area contributed by atoms with Gasteiger partial charge in [-0.15, -0.1) is 11.3 Å². The zero-order valence-corrected chi connectivity index (χ0v) is 18.4. The third-order valence-corrected chi connectivity index (χ3v) is 6.25. The monoisotopic (exact) mass is 471 g/mol. The standard InChI is InChI=1S/C24H20F3N3O2S/c1-29(23(32)17-9-11-18(12-10-17)24(25,26)27)15-22(31)30-20(16-6-3-2-4-7-16)14-19(28-30)21-8-5-13-33-21/h2-13,20H,14-15H2,1H3. The summed E-state index contributed by atoms with van der Waals surface area (Å²) in [5, 5.41) is 7.90. The summed E-state index contributed by atoms with van der Waals surface area (Å²) in [7, 11) is 1.44. The van der Waals surface area contributed by atoms with Crippen LogP contribution in [-0.2, 0) is 11.0 Å². The zero-order chi connectivity index (χ0) is 23.6. The van der Waals surface area contributed by atoms with Gasteiger partial charge in [-0.3, -0.25) is 9.59 Å². The molecule has 3 aromatic rings. The number of hydrazone groups is 1. The Balaban J connectivity index is 1.51. The molecule has 1 aliphatic heterocycles. The molecule has 1 aromatic heterocycles. The van der Waals surface area contributed by atoms with Crippen molar-refractivity contribution >= 4 is 28.9 Å². The highest BCUT2D eigenvalue weighted by Gasteiger charge is 2.34. The molecular formula is C24H20F3N3O2S. The average molecular weight is 472 g/mol. The Morgan fingerprint density at radius 3 is 2.36 bits per heavy atom. The lowest BCUT2D eigenvalue weighted by Crippen LogP contribution is -2.39. The molecular weight excluding hydrogens is 451 g/mol. The van der Waals surface area contributed by atoms with Crippen LogP contribution in [0.5, 0.6) is 0 Å². The van der Waals surface area contributed by atoms with E-state index >= 15 is 0 Å². The number of nitrogens with zero attached hydrogens (tertiary/aromatic N) is 3. The van der Waals surface area contributed by atoms with E-state index in [1.54, 1.807) is 0 Å². The Morgan fingerprint density at radius 1 is 1.06 bits per heavy atom. The molecule has 0 saturated heterocycles. The minimum Gasteiger partial charge on any atom is -0.332 e. The number of likely N-dealkylation sites (N-methyl/N-ethyl adjacent to an activating group) is 1. The van der Waals surface area contributed by atoms with Crippen molar-refractivity contribution in [3.8, 4) is 0 Å². The number of alkyl halides is 3. The van der Waals surface area contributed by atoms with E-state index in [1.807, 2.05) is 47.8 Å². The van der Waals surface area contributed by atoms with Gasteiger partial charge in [-0.25, -0.2) is 5.01 Å². The quantitative estimate of drug-likeness (QED) is 0.513. The van der Waals surface area contributed by atoms with Crippen LogP contribution in [0.3, 0.4) is 0 Å². The van der Waals surface area contributed by atoms with E-state index in [1.165, 1.54) is 28.3 Å². The van der Waals surface area contributed by atoms with Gasteiger partial charge in [-0.05, 0) is 41.3 Å². The number of benzene rings is 2. The smallest absolute Gasteiger partial charge is 0.332 e. The molecule has 1 unspecified atom stereocenters. The van der Waals surface area contributed by atoms with E-state index in [2.05, 4.69) is 5.10 Å². The zero-order valence-electron chi connectivity index (χ0n) is 17.6. The minimum absolute atomic E-state index is 0.0714. The molecule has 4 rings (SSSR count). The maximum absolute atomic E-state index is 13.2. The summed E-state index contributed by atoms with van der Waals surface area (Å²) in [6, 6.07) is 17.0. The lowest BCUT2D eigenvalue weighted by atomic mass is 10.0. The maximum Gasteiger partial charge on any atom is 0.416 e. The van der Waals surface area contributed by atoms with Crippen LogP contribution in [0, 0.1) is 0 Å². The molecule has 9 heteroatoms. The average Bonchev–Trinajstić information content (AvgIpc) is 3.49. The largest absolute Gasteiger partial charge is 0.416 e. The van der Waals surface area contributed by atoms with E-state index in [0.29, 0.717) is 6.42 Å². The number of thiophene rings is 1. The predicted octanol–water partition coefficient (Wildman–Crippen LogP) is 5.22. The lowest BCUT2D eigenvalue weighted by Gasteiger charge is -2.25. The van der Waals surface area contributed by atoms with Crippen molar-refractivity contribution in [2.75, 3.05) is 13.6 Å². The number of rotatable bonds is 5. The van der Waals surface area contributed by atoms with Gasteiger partial charge in [-0.2, -0.15) is 18.3 Å². The van der Waals surface area contributed by atoms with Gasteiger partial charge in [0.25, 0.3) is 11.8 Å². The van der Waals surface area contributed by atoms with Crippen molar-refractivity contribution < 1.29 is 22.8 Å². The second kappa shape index (κ2) is 9.19. The molecule has 2 amide bonds. The van der Waals surface area contributed by atoms with Crippen molar-refractivity contribution in [1.29, 1.82) is 0 Å². The van der Waals surface area contributed by atoms with Gasteiger partial charge in [0.1, 0.15) is 6.54 Å². The summed E-state index contributed by atoms with van der Waals surface area (Å²) in [5.74, 6) is -0.923. The molecule has 170 valence electrons. The fraction of sp³-hybridized carbons (Fsp3) is 0.208. The first-order valence-electron chi connectivity index (χ1n) is 10.1. The van der Waals surface area contributed by atoms with Crippen molar-refractivity contribution in [2.45, 2.75) is 18.6 Å². The van der Waals surface area contributed by atoms with Crippen LogP contribution in [0.25, 0.3) is 0 Å². The second-order valence-corrected chi connectivity index (χ2v) is 8.58. The van der Waals surface area contributed by atoms with E-state index in [9.17, 15) is 22.8 Å². The fourth-order valence-electron chi connectivity index (χ4n) is 3.64. The van der Waals surface area contributed by atoms with Crippen LogP contribution < -0.4 is 0 Å². The van der Waals surface area contributed by atoms with Crippen LogP contribution in [0.1, 0.15) is 38.8 Å². The van der Waals surface area contributed by atoms with Crippen LogP contribution in [0.4, 0.5) is 13.2 Å². The van der Waals surface area contributed by atoms with E-state index in [4.69, 9.17) is 0 Å². The number of carbonyl (C=O) groups excluding carboxylic acids is 2. The Morgan fingerprint density at radius 2 is 1.76 bits per heavy atom. The van der Waals surface area contributed by atoms with E-state index in [-0.39, 0.29) is 24.1 Å². The molecule has 0 aliphatic carbocycles. The molecule has 2 aromatic carbocycles. The third kappa shape index (κ3) is 4.98. The molecule has 0 bridgehead atoms. The summed E-state index contributed by atoms with van der Waals surface area (Å²) in [5.41, 5.74) is 0.958. The number of hydrogen-bond acceptors (Lipinski definition) is 4. The fourth-order valence-corrected chi connectivity index (χ4v) is 4.36. The lowest BCUT2D eigenvalue weighted by molar-refractivity contribution is -0.137. The third-order valence-electron chi connectivity index (χ3n) is 5.33. The Labute approximate surface area is 192 Å². The molecule has 0 radical (unpaired) electrons. The van der Waals surface area contributed by atoms with Crippen molar-refractivity contribution in [2.24, 2.45) is 5.10 Å². The molecule has 1 atom stereocenters. The molecule has 2 heterocycles. The summed E-state index contributed by atoms with van der Waals surface area (Å²) in [6.45, 7) is -0.260. The SMILES string of the molecule is CN(CC(=O)N1N=C(c2cccs2)CC1c1ccccc1)C(=O)c1ccc(C(F)(F)F)cc1. The molecule has 33 heavy (non-hydrogen) atoms. The second-order valence-electron chi connectivity index (χ2n) is 7.63. The molecule has 0 saturated carbocycles. The van der Waals surface area contributed by atoms with Crippen molar-refractivity contribution in [3.05, 3.63) is 93.7 Å². The Bertz CT molecular complexity index is 1160. The topological polar surface area (TPSA) is 53.0 Å². The molecule has 0 fully saturated rings. The van der Waals surface area contributed by atoms with Crippen LogP contribution >= 0.6 is 11.3 Å². The highest BCUT2D eigenvalue weighted by Crippen LogP contribution is 2.34. The number of hydrogen-bond donors (Lipinski definition) is 0. The van der Waals surface area contributed by atoms with E-state index < -0.39 is 17.6 Å². The number of halogens is 3. The van der Waals surface area contributed by atoms with Gasteiger partial charge >= 0.3 is 6.18 Å². The highest BCUT2D eigenvalue weighted by molar-refractivity contribution is 7.12. The Kier molecular flexibility index (Phi) is 6.33. The Hall–Kier alpha value is -3.46. The highest BCUT2D eigenvalue weighted by atomic mass is 32.1. The van der Waals surface area contributed by atoms with Gasteiger partial charge < -0.3 is 4.90 Å². The molecule has 1 aliphatic rings. The summed E-state index contributed by atoms with van der Waals surface area (Å²) in [4.78, 5) is 28.0. The van der Waals surface area contributed by atoms with Crippen LogP contribution in [0.15, 0.2) is 77.2 Å². The van der Waals surface area contributed by atoms with Gasteiger partial charge in [0.2, 0.25) is 0 Å². The normalized spacial score (nSPS) is 15.9. The molecule has 0 N–H and O–H groups in total. The van der Waals surface area contributed by atoms with E-state index in [0.717, 1.165) is 40.4 Å². The predicted molar refractivity (Wildman–Crippen MR) is 120 cm³/mol. The van der Waals surface area contributed by atoms with Gasteiger partial charge in [0, 0.05) is 19.0 Å². The summed E-state index contributed by atoms with van der Waals surface area (Å²) >= 11 is 1.54. The van der Waals surface area contributed by atoms with Gasteiger partial charge in [0.15, 0.2) is 0 Å². The summed E-state index contributed by atoms with van der Waals surface area (Å²) in [6.07, 6.45) is -3.93. The minimum atomic E-state index is -4.48. The van der Waals surface area contributed by atoms with Crippen LogP contribution in [0.2, 0.25) is 0 Å². The maximum atomic E-state index is 13.2. The first kappa shape index (κ1) is 22.7. The van der Waals surface area contributed by atoms with Crippen LogP contribution in [-0.4, -0.2) is 41.0 Å². The molecule has 5 nitrogen and oxygen atoms in total. The van der Waals surface area contributed by atoms with Crippen molar-refractivity contribution in [1.82, 2.24) is 9.91 Å². The van der Waals surface area contributed by atoms with Crippen molar-refractivity contribution in [3.63, 3.8) is 0 Å². The van der Waals surface area contributed by atoms with Gasteiger partial charge in [0.05, 0.1) is 22.2 Å². The number of carbonyl (C=O) groups is 2. The summed E-state index contributed by atoms with van der Waals surface area (Å²) < 4.78 is 38.3. The number of amides is 2. The first-order chi connectivity index (χ1) is 15.7. The van der Waals surface area contributed by atoms with Gasteiger partial charge in [-0.1, -0.05) is 36.4 Å². The molecule has 0 spiro atoms. The first-order valence-corrected chi connectivity index (χ1v) is 11.0.